The van der Waals surface area contributed by atoms with Gasteiger partial charge in [-0.3, -0.25) is 0 Å². The number of aromatic hydroxyl groups is 3. The van der Waals surface area contributed by atoms with Gasteiger partial charge in [0.05, 0.1) is 20.3 Å². The summed E-state index contributed by atoms with van der Waals surface area (Å²) in [5.41, 5.74) is 2.92. The van der Waals surface area contributed by atoms with Gasteiger partial charge in [0.2, 0.25) is 0 Å². The molecule has 0 amide bonds. The number of fused-ring (bicyclic) bond motifs is 2. The maximum Gasteiger partial charge on any atom is 0.162 e. The molecule has 0 aromatic heterocycles. The van der Waals surface area contributed by atoms with Gasteiger partial charge in [-0.2, -0.15) is 0 Å². The van der Waals surface area contributed by atoms with Crippen LogP contribution in [0, 0.1) is 11.8 Å². The van der Waals surface area contributed by atoms with Gasteiger partial charge in [0.25, 0.3) is 0 Å². The Balaban J connectivity index is 1.86. The summed E-state index contributed by atoms with van der Waals surface area (Å²) < 4.78 is 17.3. The lowest BCUT2D eigenvalue weighted by molar-refractivity contribution is -0.202. The second kappa shape index (κ2) is 6.87. The Hall–Kier alpha value is -2.44. The SMILES string of the molecule is COc1cc2c(cc1O)[C@H](c1ccc(O)c(O)c1)[C@H]1COC(C)(C)OC[C@@H]1C2. The van der Waals surface area contributed by atoms with E-state index in [-0.39, 0.29) is 35.0 Å². The summed E-state index contributed by atoms with van der Waals surface area (Å²) in [4.78, 5) is 0. The van der Waals surface area contributed by atoms with Gasteiger partial charge < -0.3 is 29.5 Å². The van der Waals surface area contributed by atoms with Gasteiger partial charge in [-0.15, -0.1) is 0 Å². The Kier molecular flexibility index (Phi) is 4.63. The van der Waals surface area contributed by atoms with E-state index in [9.17, 15) is 15.3 Å². The zero-order valence-electron chi connectivity index (χ0n) is 16.3. The summed E-state index contributed by atoms with van der Waals surface area (Å²) in [5, 5.41) is 30.2. The van der Waals surface area contributed by atoms with Crippen LogP contribution in [-0.2, 0) is 15.9 Å². The van der Waals surface area contributed by atoms with Gasteiger partial charge in [0.1, 0.15) is 0 Å². The third-order valence-corrected chi connectivity index (χ3v) is 5.92. The maximum absolute atomic E-state index is 10.4. The van der Waals surface area contributed by atoms with Gasteiger partial charge >= 0.3 is 0 Å². The summed E-state index contributed by atoms with van der Waals surface area (Å²) in [6.07, 6.45) is 0.788. The highest BCUT2D eigenvalue weighted by molar-refractivity contribution is 5.53. The first kappa shape index (κ1) is 18.9. The smallest absolute Gasteiger partial charge is 0.162 e. The number of methoxy groups -OCH3 is 1. The summed E-state index contributed by atoms with van der Waals surface area (Å²) >= 11 is 0. The molecule has 0 spiro atoms. The van der Waals surface area contributed by atoms with Crippen LogP contribution in [0.15, 0.2) is 30.3 Å². The highest BCUT2D eigenvalue weighted by Crippen LogP contribution is 2.49. The van der Waals surface area contributed by atoms with Crippen molar-refractivity contribution in [2.45, 2.75) is 32.0 Å². The molecule has 1 fully saturated rings. The normalized spacial score (nSPS) is 26.0. The zero-order chi connectivity index (χ0) is 20.1. The quantitative estimate of drug-likeness (QED) is 0.685. The van der Waals surface area contributed by atoms with Crippen LogP contribution in [0.2, 0.25) is 0 Å². The molecule has 2 aliphatic rings. The van der Waals surface area contributed by atoms with E-state index in [0.29, 0.717) is 19.0 Å². The van der Waals surface area contributed by atoms with Gasteiger partial charge in [0, 0.05) is 5.92 Å². The van der Waals surface area contributed by atoms with E-state index < -0.39 is 5.79 Å². The van der Waals surface area contributed by atoms with Crippen molar-refractivity contribution in [3.63, 3.8) is 0 Å². The predicted molar refractivity (Wildman–Crippen MR) is 103 cm³/mol. The minimum Gasteiger partial charge on any atom is -0.504 e. The first-order chi connectivity index (χ1) is 13.3. The van der Waals surface area contributed by atoms with Crippen LogP contribution in [0.4, 0.5) is 0 Å². The standard InChI is InChI=1S/C22H26O6/c1-22(2)27-10-14-6-13-8-20(26-3)19(25)9-15(13)21(16(14)11-28-22)12-4-5-17(23)18(24)7-12/h4-5,7-9,14,16,21,23-25H,6,10-11H2,1-3H3/t14-,16-,21-/m0/s1. The number of phenolic OH excluding ortho intramolecular Hbond substituents is 3. The van der Waals surface area contributed by atoms with Crippen molar-refractivity contribution in [2.75, 3.05) is 20.3 Å². The number of rotatable bonds is 2. The van der Waals surface area contributed by atoms with Crippen molar-refractivity contribution < 1.29 is 29.5 Å². The number of hydrogen-bond donors (Lipinski definition) is 3. The Morgan fingerprint density at radius 2 is 1.71 bits per heavy atom. The van der Waals surface area contributed by atoms with Crippen molar-refractivity contribution in [1.29, 1.82) is 0 Å². The highest BCUT2D eigenvalue weighted by atomic mass is 16.7. The van der Waals surface area contributed by atoms with E-state index in [1.165, 1.54) is 13.2 Å². The third-order valence-electron chi connectivity index (χ3n) is 5.92. The number of benzene rings is 2. The van der Waals surface area contributed by atoms with E-state index in [1.807, 2.05) is 26.0 Å². The fourth-order valence-corrected chi connectivity index (χ4v) is 4.41. The van der Waals surface area contributed by atoms with Crippen LogP contribution in [0.3, 0.4) is 0 Å². The van der Waals surface area contributed by atoms with E-state index in [4.69, 9.17) is 14.2 Å². The Labute approximate surface area is 164 Å². The number of hydrogen-bond acceptors (Lipinski definition) is 6. The lowest BCUT2D eigenvalue weighted by atomic mass is 9.67. The molecule has 3 N–H and O–H groups in total. The lowest BCUT2D eigenvalue weighted by Crippen LogP contribution is -2.34. The average Bonchev–Trinajstić information content (AvgIpc) is 2.80. The molecule has 2 aromatic rings. The average molecular weight is 386 g/mol. The van der Waals surface area contributed by atoms with Gasteiger partial charge in [-0.1, -0.05) is 6.07 Å². The van der Waals surface area contributed by atoms with Crippen molar-refractivity contribution >= 4 is 0 Å². The van der Waals surface area contributed by atoms with Gasteiger partial charge in [0.15, 0.2) is 28.8 Å². The van der Waals surface area contributed by atoms with Crippen LogP contribution in [0.1, 0.15) is 36.5 Å². The monoisotopic (exact) mass is 386 g/mol. The molecule has 1 saturated heterocycles. The van der Waals surface area contributed by atoms with Gasteiger partial charge in [-0.25, -0.2) is 0 Å². The zero-order valence-corrected chi connectivity index (χ0v) is 16.3. The number of ether oxygens (including phenoxy) is 3. The molecule has 1 heterocycles. The molecule has 28 heavy (non-hydrogen) atoms. The maximum atomic E-state index is 10.4. The molecule has 150 valence electrons. The molecule has 6 nitrogen and oxygen atoms in total. The fraction of sp³-hybridized carbons (Fsp3) is 0.455. The molecule has 1 aliphatic carbocycles. The van der Waals surface area contributed by atoms with Crippen LogP contribution < -0.4 is 4.74 Å². The highest BCUT2D eigenvalue weighted by Gasteiger charge is 2.42. The first-order valence-corrected chi connectivity index (χ1v) is 9.48. The van der Waals surface area contributed by atoms with E-state index >= 15 is 0 Å². The van der Waals surface area contributed by atoms with E-state index in [0.717, 1.165) is 23.1 Å². The van der Waals surface area contributed by atoms with Crippen LogP contribution in [0.5, 0.6) is 23.0 Å². The molecule has 1 aliphatic heterocycles. The van der Waals surface area contributed by atoms with Crippen molar-refractivity contribution in [3.8, 4) is 23.0 Å². The summed E-state index contributed by atoms with van der Waals surface area (Å²) in [6, 6.07) is 8.52. The fourth-order valence-electron chi connectivity index (χ4n) is 4.41. The Morgan fingerprint density at radius 1 is 0.964 bits per heavy atom. The Bertz CT molecular complexity index is 891. The lowest BCUT2D eigenvalue weighted by Gasteiger charge is -2.38. The molecule has 4 rings (SSSR count). The van der Waals surface area contributed by atoms with Crippen molar-refractivity contribution in [3.05, 3.63) is 47.0 Å². The molecule has 3 atom stereocenters. The van der Waals surface area contributed by atoms with Crippen molar-refractivity contribution in [1.82, 2.24) is 0 Å². The summed E-state index contributed by atoms with van der Waals surface area (Å²) in [5.74, 6) is -0.259. The topological polar surface area (TPSA) is 88.4 Å². The predicted octanol–water partition coefficient (Wildman–Crippen LogP) is 3.52. The minimum atomic E-state index is -0.662. The summed E-state index contributed by atoms with van der Waals surface area (Å²) in [6.45, 7) is 4.87. The molecular formula is C22H26O6. The second-order valence-corrected chi connectivity index (χ2v) is 8.10. The molecule has 0 saturated carbocycles. The van der Waals surface area contributed by atoms with E-state index in [1.54, 1.807) is 12.1 Å². The Morgan fingerprint density at radius 3 is 2.43 bits per heavy atom. The van der Waals surface area contributed by atoms with Crippen molar-refractivity contribution in [2.24, 2.45) is 11.8 Å². The largest absolute Gasteiger partial charge is 0.504 e. The molecule has 0 unspecified atom stereocenters. The molecule has 6 heteroatoms. The minimum absolute atomic E-state index is 0.0822. The second-order valence-electron chi connectivity index (χ2n) is 8.10. The molecule has 0 radical (unpaired) electrons. The van der Waals surface area contributed by atoms with E-state index in [2.05, 4.69) is 0 Å². The first-order valence-electron chi connectivity index (χ1n) is 9.48. The molecule has 0 bridgehead atoms. The molecular weight excluding hydrogens is 360 g/mol. The van der Waals surface area contributed by atoms with Crippen LogP contribution in [0.25, 0.3) is 0 Å². The number of phenols is 3. The van der Waals surface area contributed by atoms with Crippen LogP contribution in [-0.4, -0.2) is 41.4 Å². The molecule has 2 aromatic carbocycles. The van der Waals surface area contributed by atoms with Gasteiger partial charge in [-0.05, 0) is 73.1 Å². The summed E-state index contributed by atoms with van der Waals surface area (Å²) in [7, 11) is 1.54. The van der Waals surface area contributed by atoms with Crippen LogP contribution >= 0.6 is 0 Å². The third kappa shape index (κ3) is 3.27.